The average molecular weight is 352 g/mol. The van der Waals surface area contributed by atoms with E-state index in [0.717, 1.165) is 6.54 Å². The lowest BCUT2D eigenvalue weighted by atomic mass is 10.0. The van der Waals surface area contributed by atoms with Gasteiger partial charge in [0, 0.05) is 38.6 Å². The fourth-order valence-electron chi connectivity index (χ4n) is 3.42. The van der Waals surface area contributed by atoms with Gasteiger partial charge in [-0.25, -0.2) is 0 Å². The van der Waals surface area contributed by atoms with Crippen molar-refractivity contribution in [3.8, 4) is 0 Å². The average Bonchev–Trinajstić information content (AvgIpc) is 3.04. The number of nitrogens with one attached hydrogen (secondary N) is 2. The van der Waals surface area contributed by atoms with Gasteiger partial charge in [-0.2, -0.15) is 0 Å². The number of amides is 2. The molecule has 1 aromatic carbocycles. The number of hydrogen-bond acceptors (Lipinski definition) is 4. The number of nitrogens with zero attached hydrogens (tertiary/aromatic N) is 2. The van der Waals surface area contributed by atoms with E-state index in [4.69, 9.17) is 0 Å². The summed E-state index contributed by atoms with van der Waals surface area (Å²) in [6, 6.07) is 13.4. The van der Waals surface area contributed by atoms with Crippen LogP contribution in [0.25, 0.3) is 0 Å². The number of pyridine rings is 1. The maximum absolute atomic E-state index is 12.6. The maximum atomic E-state index is 12.6. The summed E-state index contributed by atoms with van der Waals surface area (Å²) in [6.45, 7) is 3.82. The molecule has 2 amide bonds. The summed E-state index contributed by atoms with van der Waals surface area (Å²) in [4.78, 5) is 31.3. The van der Waals surface area contributed by atoms with Gasteiger partial charge in [0.05, 0.1) is 17.5 Å². The van der Waals surface area contributed by atoms with Crippen LogP contribution in [0.4, 0.5) is 0 Å². The lowest BCUT2D eigenvalue weighted by Gasteiger charge is -2.19. The monoisotopic (exact) mass is 352 g/mol. The summed E-state index contributed by atoms with van der Waals surface area (Å²) in [5.74, 6) is -0.505. The van der Waals surface area contributed by atoms with E-state index in [0.29, 0.717) is 24.3 Å². The lowest BCUT2D eigenvalue weighted by Crippen LogP contribution is -2.45. The highest BCUT2D eigenvalue weighted by molar-refractivity contribution is 5.95. The van der Waals surface area contributed by atoms with Crippen LogP contribution in [0.1, 0.15) is 21.6 Å². The standard InChI is InChI=1S/C20H24N4O2/c1-14-16(9-6-10-22-14)20(26)23-18-13-24(12-17(18)19(25)21-2)11-15-7-4-3-5-8-15/h3-10,17-18H,11-13H2,1-2H3,(H,21,25)(H,23,26)/t17-,18-/m0/s1. The minimum Gasteiger partial charge on any atom is -0.359 e. The van der Waals surface area contributed by atoms with E-state index < -0.39 is 0 Å². The van der Waals surface area contributed by atoms with Gasteiger partial charge >= 0.3 is 0 Å². The van der Waals surface area contributed by atoms with Crippen LogP contribution in [0.15, 0.2) is 48.7 Å². The number of carbonyl (C=O) groups is 2. The van der Waals surface area contributed by atoms with Gasteiger partial charge in [0.2, 0.25) is 5.91 Å². The smallest absolute Gasteiger partial charge is 0.253 e. The van der Waals surface area contributed by atoms with Gasteiger partial charge in [-0.15, -0.1) is 0 Å². The highest BCUT2D eigenvalue weighted by atomic mass is 16.2. The molecule has 2 N–H and O–H groups in total. The topological polar surface area (TPSA) is 74.3 Å². The molecule has 0 unspecified atom stereocenters. The highest BCUT2D eigenvalue weighted by Crippen LogP contribution is 2.20. The van der Waals surface area contributed by atoms with Crippen molar-refractivity contribution in [2.45, 2.75) is 19.5 Å². The van der Waals surface area contributed by atoms with E-state index in [2.05, 4.69) is 32.7 Å². The summed E-state index contributed by atoms with van der Waals surface area (Å²) in [6.07, 6.45) is 1.66. The number of hydrogen-bond donors (Lipinski definition) is 2. The number of carbonyl (C=O) groups excluding carboxylic acids is 2. The first kappa shape index (κ1) is 18.1. The summed E-state index contributed by atoms with van der Waals surface area (Å²) >= 11 is 0. The van der Waals surface area contributed by atoms with Crippen molar-refractivity contribution in [1.82, 2.24) is 20.5 Å². The predicted octanol–water partition coefficient (Wildman–Crippen LogP) is 1.37. The first-order chi connectivity index (χ1) is 12.6. The fraction of sp³-hybridized carbons (Fsp3) is 0.350. The van der Waals surface area contributed by atoms with Crippen molar-refractivity contribution in [2.24, 2.45) is 5.92 Å². The number of aryl methyl sites for hydroxylation is 1. The third kappa shape index (κ3) is 4.08. The third-order valence-electron chi connectivity index (χ3n) is 4.80. The lowest BCUT2D eigenvalue weighted by molar-refractivity contribution is -0.124. The van der Waals surface area contributed by atoms with E-state index in [-0.39, 0.29) is 23.8 Å². The van der Waals surface area contributed by atoms with Crippen molar-refractivity contribution in [2.75, 3.05) is 20.1 Å². The molecule has 3 rings (SSSR count). The minimum absolute atomic E-state index is 0.0474. The van der Waals surface area contributed by atoms with Crippen LogP contribution in [-0.4, -0.2) is 47.9 Å². The van der Waals surface area contributed by atoms with E-state index in [9.17, 15) is 9.59 Å². The Morgan fingerprint density at radius 2 is 1.92 bits per heavy atom. The van der Waals surface area contributed by atoms with Crippen molar-refractivity contribution >= 4 is 11.8 Å². The first-order valence-electron chi connectivity index (χ1n) is 8.79. The fourth-order valence-corrected chi connectivity index (χ4v) is 3.42. The second-order valence-electron chi connectivity index (χ2n) is 6.62. The van der Waals surface area contributed by atoms with E-state index in [1.807, 2.05) is 25.1 Å². The van der Waals surface area contributed by atoms with Crippen molar-refractivity contribution in [1.29, 1.82) is 0 Å². The Labute approximate surface area is 153 Å². The zero-order valence-corrected chi connectivity index (χ0v) is 15.1. The molecule has 136 valence electrons. The number of aromatic nitrogens is 1. The quantitative estimate of drug-likeness (QED) is 0.852. The molecule has 1 saturated heterocycles. The van der Waals surface area contributed by atoms with E-state index >= 15 is 0 Å². The SMILES string of the molecule is CNC(=O)[C@H]1CN(Cc2ccccc2)C[C@@H]1NC(=O)c1cccnc1C. The van der Waals surface area contributed by atoms with Crippen molar-refractivity contribution < 1.29 is 9.59 Å². The maximum Gasteiger partial charge on any atom is 0.253 e. The predicted molar refractivity (Wildman–Crippen MR) is 99.5 cm³/mol. The Morgan fingerprint density at radius 3 is 2.62 bits per heavy atom. The second kappa shape index (κ2) is 8.10. The minimum atomic E-state index is -0.273. The summed E-state index contributed by atoms with van der Waals surface area (Å²) < 4.78 is 0. The number of benzene rings is 1. The summed E-state index contributed by atoms with van der Waals surface area (Å²) in [5.41, 5.74) is 2.42. The first-order valence-corrected chi connectivity index (χ1v) is 8.79. The molecule has 2 atom stereocenters. The molecule has 0 aliphatic carbocycles. The summed E-state index contributed by atoms with van der Waals surface area (Å²) in [5, 5.41) is 5.75. The van der Waals surface area contributed by atoms with Gasteiger partial charge in [-0.1, -0.05) is 30.3 Å². The zero-order chi connectivity index (χ0) is 18.5. The Morgan fingerprint density at radius 1 is 1.15 bits per heavy atom. The molecule has 6 heteroatoms. The van der Waals surface area contributed by atoms with Crippen LogP contribution >= 0.6 is 0 Å². The van der Waals surface area contributed by atoms with Gasteiger partial charge in [0.1, 0.15) is 0 Å². The van der Waals surface area contributed by atoms with Gasteiger partial charge < -0.3 is 10.6 Å². The molecule has 26 heavy (non-hydrogen) atoms. The number of rotatable bonds is 5. The molecule has 0 spiro atoms. The molecule has 0 radical (unpaired) electrons. The Hall–Kier alpha value is -2.73. The number of likely N-dealkylation sites (tertiary alicyclic amines) is 1. The second-order valence-corrected chi connectivity index (χ2v) is 6.62. The third-order valence-corrected chi connectivity index (χ3v) is 4.80. The Kier molecular flexibility index (Phi) is 5.63. The normalized spacial score (nSPS) is 19.9. The van der Waals surface area contributed by atoms with E-state index in [1.165, 1.54) is 5.56 Å². The zero-order valence-electron chi connectivity index (χ0n) is 15.1. The molecule has 0 saturated carbocycles. The molecule has 1 fully saturated rings. The van der Waals surface area contributed by atoms with Crippen molar-refractivity contribution in [3.05, 3.63) is 65.5 Å². The highest BCUT2D eigenvalue weighted by Gasteiger charge is 2.38. The van der Waals surface area contributed by atoms with Crippen LogP contribution in [0.2, 0.25) is 0 Å². The van der Waals surface area contributed by atoms with Crippen LogP contribution in [0.3, 0.4) is 0 Å². The molecule has 6 nitrogen and oxygen atoms in total. The van der Waals surface area contributed by atoms with Crippen LogP contribution in [0, 0.1) is 12.8 Å². The van der Waals surface area contributed by atoms with Gasteiger partial charge in [0.15, 0.2) is 0 Å². The van der Waals surface area contributed by atoms with Crippen LogP contribution < -0.4 is 10.6 Å². The molecule has 2 heterocycles. The Bertz CT molecular complexity index is 778. The molecule has 1 aromatic heterocycles. The molecule has 1 aliphatic heterocycles. The molecular weight excluding hydrogens is 328 g/mol. The molecule has 0 bridgehead atoms. The van der Waals surface area contributed by atoms with Crippen molar-refractivity contribution in [3.63, 3.8) is 0 Å². The van der Waals surface area contributed by atoms with E-state index in [1.54, 1.807) is 25.4 Å². The Balaban J connectivity index is 1.72. The van der Waals surface area contributed by atoms with Gasteiger partial charge in [0.25, 0.3) is 5.91 Å². The van der Waals surface area contributed by atoms with Crippen LogP contribution in [0.5, 0.6) is 0 Å². The molecule has 1 aliphatic rings. The summed E-state index contributed by atoms with van der Waals surface area (Å²) in [7, 11) is 1.63. The largest absolute Gasteiger partial charge is 0.359 e. The van der Waals surface area contributed by atoms with Crippen LogP contribution in [-0.2, 0) is 11.3 Å². The van der Waals surface area contributed by atoms with Gasteiger partial charge in [-0.3, -0.25) is 19.5 Å². The van der Waals surface area contributed by atoms with Gasteiger partial charge in [-0.05, 0) is 24.6 Å². The molecular formula is C20H24N4O2. The molecule has 2 aromatic rings.